The van der Waals surface area contributed by atoms with Crippen molar-refractivity contribution in [2.75, 3.05) is 6.54 Å². The fraction of sp³-hybridized carbons (Fsp3) is 0.294. The maximum absolute atomic E-state index is 14.2. The van der Waals surface area contributed by atoms with Crippen LogP contribution in [0.2, 0.25) is 0 Å². The van der Waals surface area contributed by atoms with Crippen LogP contribution in [0, 0.1) is 24.4 Å². The first kappa shape index (κ1) is 15.6. The minimum absolute atomic E-state index is 0.192. The first-order chi connectivity index (χ1) is 10.0. The molecule has 1 nitrogen and oxygen atoms in total. The predicted molar refractivity (Wildman–Crippen MR) is 77.6 cm³/mol. The van der Waals surface area contributed by atoms with E-state index >= 15 is 0 Å². The summed E-state index contributed by atoms with van der Waals surface area (Å²) < 4.78 is 41.3. The Bertz CT molecular complexity index is 625. The van der Waals surface area contributed by atoms with E-state index in [-0.39, 0.29) is 17.8 Å². The maximum atomic E-state index is 14.2. The lowest BCUT2D eigenvalue weighted by Crippen LogP contribution is -2.24. The van der Waals surface area contributed by atoms with Crippen LogP contribution in [0.25, 0.3) is 0 Å². The van der Waals surface area contributed by atoms with Gasteiger partial charge in [-0.2, -0.15) is 0 Å². The monoisotopic (exact) mass is 293 g/mol. The molecule has 0 aliphatic rings. The summed E-state index contributed by atoms with van der Waals surface area (Å²) in [5.41, 5.74) is 1.25. The number of aryl methyl sites for hydroxylation is 1. The Morgan fingerprint density at radius 2 is 1.86 bits per heavy atom. The Kier molecular flexibility index (Phi) is 5.02. The number of benzene rings is 2. The molecular weight excluding hydrogens is 275 g/mol. The van der Waals surface area contributed by atoms with E-state index in [1.807, 2.05) is 6.92 Å². The van der Waals surface area contributed by atoms with E-state index in [2.05, 4.69) is 5.32 Å². The molecular formula is C17H18F3N. The average Bonchev–Trinajstić information content (AvgIpc) is 2.45. The Balaban J connectivity index is 2.35. The molecule has 0 radical (unpaired) electrons. The first-order valence-corrected chi connectivity index (χ1v) is 6.95. The van der Waals surface area contributed by atoms with Gasteiger partial charge in [0.05, 0.1) is 0 Å². The van der Waals surface area contributed by atoms with Crippen molar-refractivity contribution in [1.82, 2.24) is 5.32 Å². The van der Waals surface area contributed by atoms with E-state index < -0.39 is 17.7 Å². The normalized spacial score (nSPS) is 12.4. The van der Waals surface area contributed by atoms with Gasteiger partial charge in [0.15, 0.2) is 0 Å². The number of nitrogens with one attached hydrogen (secondary N) is 1. The quantitative estimate of drug-likeness (QED) is 0.866. The molecule has 0 fully saturated rings. The summed E-state index contributed by atoms with van der Waals surface area (Å²) in [4.78, 5) is 0. The molecule has 0 spiro atoms. The van der Waals surface area contributed by atoms with Crippen LogP contribution in [0.3, 0.4) is 0 Å². The van der Waals surface area contributed by atoms with Gasteiger partial charge in [-0.1, -0.05) is 25.1 Å². The second-order valence-electron chi connectivity index (χ2n) is 5.03. The Morgan fingerprint density at radius 3 is 2.57 bits per heavy atom. The van der Waals surface area contributed by atoms with E-state index in [0.717, 1.165) is 18.2 Å². The Hall–Kier alpha value is -1.81. The minimum atomic E-state index is -0.494. The predicted octanol–water partition coefficient (Wildman–Crippen LogP) is 4.31. The van der Waals surface area contributed by atoms with Gasteiger partial charge >= 0.3 is 0 Å². The summed E-state index contributed by atoms with van der Waals surface area (Å²) in [6.07, 6.45) is 0.192. The molecule has 0 saturated carbocycles. The minimum Gasteiger partial charge on any atom is -0.310 e. The summed E-state index contributed by atoms with van der Waals surface area (Å²) in [5, 5.41) is 3.13. The van der Waals surface area contributed by atoms with Crippen LogP contribution in [0.15, 0.2) is 36.4 Å². The molecule has 2 aromatic carbocycles. The van der Waals surface area contributed by atoms with Gasteiger partial charge in [-0.05, 0) is 49.2 Å². The lowest BCUT2D eigenvalue weighted by Gasteiger charge is -2.20. The first-order valence-electron chi connectivity index (χ1n) is 6.95. The van der Waals surface area contributed by atoms with Gasteiger partial charge in [0.25, 0.3) is 0 Å². The lowest BCUT2D eigenvalue weighted by atomic mass is 9.96. The molecule has 1 atom stereocenters. The molecule has 0 bridgehead atoms. The zero-order valence-electron chi connectivity index (χ0n) is 12.1. The third kappa shape index (κ3) is 3.64. The highest BCUT2D eigenvalue weighted by molar-refractivity contribution is 5.30. The molecule has 0 saturated heterocycles. The van der Waals surface area contributed by atoms with E-state index in [1.54, 1.807) is 25.1 Å². The van der Waals surface area contributed by atoms with Crippen molar-refractivity contribution in [3.63, 3.8) is 0 Å². The van der Waals surface area contributed by atoms with Crippen molar-refractivity contribution in [1.29, 1.82) is 0 Å². The number of rotatable bonds is 5. The van der Waals surface area contributed by atoms with Gasteiger partial charge in [0, 0.05) is 11.6 Å². The molecule has 0 amide bonds. The van der Waals surface area contributed by atoms with E-state index in [9.17, 15) is 13.2 Å². The van der Waals surface area contributed by atoms with Crippen LogP contribution in [-0.4, -0.2) is 6.54 Å². The van der Waals surface area contributed by atoms with E-state index in [0.29, 0.717) is 17.7 Å². The van der Waals surface area contributed by atoms with Crippen molar-refractivity contribution in [2.24, 2.45) is 0 Å². The van der Waals surface area contributed by atoms with Crippen molar-refractivity contribution in [3.8, 4) is 0 Å². The zero-order chi connectivity index (χ0) is 15.4. The summed E-state index contributed by atoms with van der Waals surface area (Å²) in [7, 11) is 0. The molecule has 4 heteroatoms. The molecule has 2 rings (SSSR count). The van der Waals surface area contributed by atoms with E-state index in [4.69, 9.17) is 0 Å². The molecule has 0 aliphatic heterocycles. The van der Waals surface area contributed by atoms with Gasteiger partial charge in [-0.25, -0.2) is 13.2 Å². The Morgan fingerprint density at radius 1 is 1.10 bits per heavy atom. The van der Waals surface area contributed by atoms with Crippen LogP contribution < -0.4 is 5.32 Å². The molecule has 2 aromatic rings. The maximum Gasteiger partial charge on any atom is 0.130 e. The molecule has 21 heavy (non-hydrogen) atoms. The molecule has 112 valence electrons. The fourth-order valence-electron chi connectivity index (χ4n) is 2.40. The van der Waals surface area contributed by atoms with Gasteiger partial charge in [0.1, 0.15) is 17.5 Å². The summed E-state index contributed by atoms with van der Waals surface area (Å²) in [6, 6.07) is 8.06. The van der Waals surface area contributed by atoms with Crippen LogP contribution in [0.1, 0.15) is 29.7 Å². The summed E-state index contributed by atoms with van der Waals surface area (Å²) in [5.74, 6) is -1.28. The average molecular weight is 293 g/mol. The second-order valence-corrected chi connectivity index (χ2v) is 5.03. The Labute approximate surface area is 122 Å². The number of hydrogen-bond donors (Lipinski definition) is 1. The molecule has 1 N–H and O–H groups in total. The second kappa shape index (κ2) is 6.76. The molecule has 1 unspecified atom stereocenters. The highest BCUT2D eigenvalue weighted by Gasteiger charge is 2.18. The molecule has 0 aromatic heterocycles. The highest BCUT2D eigenvalue weighted by Crippen LogP contribution is 2.24. The van der Waals surface area contributed by atoms with Crippen LogP contribution in [-0.2, 0) is 6.42 Å². The van der Waals surface area contributed by atoms with Gasteiger partial charge in [0.2, 0.25) is 0 Å². The van der Waals surface area contributed by atoms with Crippen LogP contribution >= 0.6 is 0 Å². The topological polar surface area (TPSA) is 12.0 Å². The number of likely N-dealkylation sites (N-methyl/N-ethyl adjacent to an activating group) is 1. The van der Waals surface area contributed by atoms with Crippen LogP contribution in [0.4, 0.5) is 13.2 Å². The number of halogens is 3. The standard InChI is InChI=1S/C17H18F3N/c1-3-21-16(14-6-4-5-11(2)17(14)20)10-12-9-13(18)7-8-15(12)19/h4-9,16,21H,3,10H2,1-2H3. The summed E-state index contributed by atoms with van der Waals surface area (Å²) in [6.45, 7) is 4.18. The van der Waals surface area contributed by atoms with Crippen molar-refractivity contribution < 1.29 is 13.2 Å². The smallest absolute Gasteiger partial charge is 0.130 e. The lowest BCUT2D eigenvalue weighted by molar-refractivity contribution is 0.493. The van der Waals surface area contributed by atoms with Crippen molar-refractivity contribution in [3.05, 3.63) is 70.5 Å². The van der Waals surface area contributed by atoms with E-state index in [1.165, 1.54) is 0 Å². The largest absolute Gasteiger partial charge is 0.310 e. The van der Waals surface area contributed by atoms with Gasteiger partial charge < -0.3 is 5.32 Å². The zero-order valence-corrected chi connectivity index (χ0v) is 12.1. The fourth-order valence-corrected chi connectivity index (χ4v) is 2.40. The van der Waals surface area contributed by atoms with Crippen LogP contribution in [0.5, 0.6) is 0 Å². The third-order valence-electron chi connectivity index (χ3n) is 3.48. The molecule has 0 aliphatic carbocycles. The highest BCUT2D eigenvalue weighted by atomic mass is 19.1. The van der Waals surface area contributed by atoms with Gasteiger partial charge in [-0.15, -0.1) is 0 Å². The molecule has 0 heterocycles. The number of hydrogen-bond acceptors (Lipinski definition) is 1. The summed E-state index contributed by atoms with van der Waals surface area (Å²) >= 11 is 0. The third-order valence-corrected chi connectivity index (χ3v) is 3.48. The van der Waals surface area contributed by atoms with Gasteiger partial charge in [-0.3, -0.25) is 0 Å². The van der Waals surface area contributed by atoms with Crippen molar-refractivity contribution in [2.45, 2.75) is 26.3 Å². The SMILES string of the molecule is CCNC(Cc1cc(F)ccc1F)c1cccc(C)c1F. The van der Waals surface area contributed by atoms with Crippen molar-refractivity contribution >= 4 is 0 Å².